The van der Waals surface area contributed by atoms with E-state index in [0.29, 0.717) is 28.1 Å². The Morgan fingerprint density at radius 1 is 0.967 bits per heavy atom. The van der Waals surface area contributed by atoms with E-state index in [1.54, 1.807) is 43.7 Å². The van der Waals surface area contributed by atoms with Crippen LogP contribution in [0.2, 0.25) is 0 Å². The maximum atomic E-state index is 12.7. The minimum Gasteiger partial charge on any atom is -0.463 e. The molecule has 30 heavy (non-hydrogen) atoms. The predicted molar refractivity (Wildman–Crippen MR) is 115 cm³/mol. The molecule has 0 aliphatic heterocycles. The van der Waals surface area contributed by atoms with E-state index in [9.17, 15) is 4.79 Å². The molecule has 1 amide bonds. The lowest BCUT2D eigenvalue weighted by Gasteiger charge is -2.12. The number of aromatic nitrogens is 3. The Kier molecular flexibility index (Phi) is 5.67. The number of carbonyl (C=O) groups is 1. The number of furan rings is 2. The third-order valence-corrected chi connectivity index (χ3v) is 5.27. The van der Waals surface area contributed by atoms with Crippen molar-refractivity contribution in [2.75, 3.05) is 5.32 Å². The Balaban J connectivity index is 1.55. The van der Waals surface area contributed by atoms with Gasteiger partial charge in [0.25, 0.3) is 0 Å². The van der Waals surface area contributed by atoms with Crippen LogP contribution in [0.1, 0.15) is 18.1 Å². The van der Waals surface area contributed by atoms with Crippen molar-refractivity contribution in [1.82, 2.24) is 15.2 Å². The predicted octanol–water partition coefficient (Wildman–Crippen LogP) is 5.13. The van der Waals surface area contributed by atoms with Crippen molar-refractivity contribution in [3.05, 3.63) is 66.1 Å². The lowest BCUT2D eigenvalue weighted by Crippen LogP contribution is -2.23. The first kappa shape index (κ1) is 19.9. The fourth-order valence-corrected chi connectivity index (χ4v) is 3.74. The van der Waals surface area contributed by atoms with E-state index < -0.39 is 5.25 Å². The van der Waals surface area contributed by atoms with Gasteiger partial charge in [-0.3, -0.25) is 4.79 Å². The van der Waals surface area contributed by atoms with Crippen LogP contribution < -0.4 is 5.32 Å². The third-order valence-electron chi connectivity index (χ3n) is 4.32. The van der Waals surface area contributed by atoms with Crippen molar-refractivity contribution in [3.63, 3.8) is 0 Å². The Morgan fingerprint density at radius 3 is 2.20 bits per heavy atom. The second kappa shape index (κ2) is 8.54. The monoisotopic (exact) mass is 420 g/mol. The number of nitrogens with zero attached hydrogens (tertiary/aromatic N) is 3. The van der Waals surface area contributed by atoms with E-state index in [0.717, 1.165) is 16.8 Å². The highest BCUT2D eigenvalue weighted by molar-refractivity contribution is 8.00. The maximum Gasteiger partial charge on any atom is 0.237 e. The van der Waals surface area contributed by atoms with Gasteiger partial charge in [-0.2, -0.15) is 0 Å². The summed E-state index contributed by atoms with van der Waals surface area (Å²) in [6.45, 7) is 5.80. The summed E-state index contributed by atoms with van der Waals surface area (Å²) in [6, 6.07) is 13.1. The Hall–Kier alpha value is -3.39. The van der Waals surface area contributed by atoms with Crippen molar-refractivity contribution >= 4 is 23.4 Å². The molecule has 0 radical (unpaired) electrons. The van der Waals surface area contributed by atoms with E-state index in [-0.39, 0.29) is 5.91 Å². The van der Waals surface area contributed by atoms with Gasteiger partial charge >= 0.3 is 0 Å². The highest BCUT2D eigenvalue weighted by atomic mass is 32.2. The zero-order valence-corrected chi connectivity index (χ0v) is 17.6. The number of anilines is 1. The van der Waals surface area contributed by atoms with Gasteiger partial charge in [-0.15, -0.1) is 10.2 Å². The fourth-order valence-electron chi connectivity index (χ4n) is 3.03. The first-order chi connectivity index (χ1) is 14.5. The molecule has 0 bridgehead atoms. The zero-order valence-electron chi connectivity index (χ0n) is 16.7. The van der Waals surface area contributed by atoms with Crippen molar-refractivity contribution in [3.8, 4) is 22.9 Å². The van der Waals surface area contributed by atoms with Crippen LogP contribution in [0.5, 0.6) is 0 Å². The molecule has 0 saturated heterocycles. The molecule has 1 atom stereocenters. The topological polar surface area (TPSA) is 94.1 Å². The summed E-state index contributed by atoms with van der Waals surface area (Å²) < 4.78 is 11.0. The fraction of sp³-hybridized carbons (Fsp3) is 0.182. The number of amides is 1. The minimum absolute atomic E-state index is 0.136. The van der Waals surface area contributed by atoms with Crippen molar-refractivity contribution in [2.24, 2.45) is 0 Å². The number of thioether (sulfide) groups is 1. The molecule has 4 aromatic rings. The first-order valence-electron chi connectivity index (χ1n) is 9.38. The molecule has 7 nitrogen and oxygen atoms in total. The molecule has 3 heterocycles. The summed E-state index contributed by atoms with van der Waals surface area (Å²) in [5, 5.41) is 11.4. The van der Waals surface area contributed by atoms with Gasteiger partial charge < -0.3 is 14.2 Å². The number of aryl methyl sites for hydroxylation is 2. The summed E-state index contributed by atoms with van der Waals surface area (Å²) in [4.78, 5) is 17.2. The van der Waals surface area contributed by atoms with Gasteiger partial charge in [0.2, 0.25) is 11.1 Å². The third kappa shape index (κ3) is 4.44. The molecular weight excluding hydrogens is 400 g/mol. The minimum atomic E-state index is -0.425. The highest BCUT2D eigenvalue weighted by Gasteiger charge is 2.21. The van der Waals surface area contributed by atoms with Gasteiger partial charge in [0, 0.05) is 5.69 Å². The first-order valence-corrected chi connectivity index (χ1v) is 10.3. The molecule has 0 fully saturated rings. The van der Waals surface area contributed by atoms with Gasteiger partial charge in [0.05, 0.1) is 17.8 Å². The van der Waals surface area contributed by atoms with Crippen LogP contribution in [0.25, 0.3) is 22.9 Å². The van der Waals surface area contributed by atoms with E-state index >= 15 is 0 Å². The van der Waals surface area contributed by atoms with Crippen LogP contribution in [0, 0.1) is 13.8 Å². The van der Waals surface area contributed by atoms with Crippen molar-refractivity contribution < 1.29 is 13.6 Å². The molecule has 0 spiro atoms. The van der Waals surface area contributed by atoms with Crippen LogP contribution in [-0.2, 0) is 4.79 Å². The SMILES string of the molecule is Cc1cc(C)cc(NC(=O)C(C)Sc2nnc(-c3ccco3)c(-c3ccco3)n2)c1. The van der Waals surface area contributed by atoms with Gasteiger partial charge in [-0.05, 0) is 68.3 Å². The number of nitrogens with one attached hydrogen (secondary N) is 1. The standard InChI is InChI=1S/C22H20N4O3S/c1-13-10-14(2)12-16(11-13)23-21(27)15(3)30-22-24-19(17-6-4-8-28-17)20(25-26-22)18-7-5-9-29-18/h4-12,15H,1-3H3,(H,23,27). The number of carbonyl (C=O) groups excluding carboxylic acids is 1. The molecule has 0 aliphatic carbocycles. The van der Waals surface area contributed by atoms with Crippen molar-refractivity contribution in [2.45, 2.75) is 31.2 Å². The van der Waals surface area contributed by atoms with E-state index in [2.05, 4.69) is 26.6 Å². The van der Waals surface area contributed by atoms with E-state index in [1.807, 2.05) is 26.0 Å². The molecule has 8 heteroatoms. The summed E-state index contributed by atoms with van der Waals surface area (Å²) in [5.41, 5.74) is 3.94. The van der Waals surface area contributed by atoms with Crippen LogP contribution >= 0.6 is 11.8 Å². The second-order valence-corrected chi connectivity index (χ2v) is 8.18. The Bertz CT molecular complexity index is 1140. The second-order valence-electron chi connectivity index (χ2n) is 6.87. The number of hydrogen-bond donors (Lipinski definition) is 1. The van der Waals surface area contributed by atoms with Crippen LogP contribution in [-0.4, -0.2) is 26.3 Å². The smallest absolute Gasteiger partial charge is 0.237 e. The quantitative estimate of drug-likeness (QED) is 0.432. The molecule has 1 aromatic carbocycles. The molecule has 152 valence electrons. The normalized spacial score (nSPS) is 12.0. The Labute approximate surface area is 177 Å². The van der Waals surface area contributed by atoms with Gasteiger partial charge in [0.1, 0.15) is 5.69 Å². The zero-order chi connectivity index (χ0) is 21.1. The summed E-state index contributed by atoms with van der Waals surface area (Å²) in [6.07, 6.45) is 3.13. The lowest BCUT2D eigenvalue weighted by molar-refractivity contribution is -0.115. The van der Waals surface area contributed by atoms with Crippen molar-refractivity contribution in [1.29, 1.82) is 0 Å². The van der Waals surface area contributed by atoms with E-state index in [1.165, 1.54) is 11.8 Å². The summed E-state index contributed by atoms with van der Waals surface area (Å²) in [7, 11) is 0. The molecule has 1 N–H and O–H groups in total. The molecule has 0 saturated carbocycles. The summed E-state index contributed by atoms with van der Waals surface area (Å²) >= 11 is 1.23. The van der Waals surface area contributed by atoms with Gasteiger partial charge in [0.15, 0.2) is 17.2 Å². The van der Waals surface area contributed by atoms with Gasteiger partial charge in [-0.25, -0.2) is 4.98 Å². The number of hydrogen-bond acceptors (Lipinski definition) is 7. The van der Waals surface area contributed by atoms with Gasteiger partial charge in [-0.1, -0.05) is 17.8 Å². The number of rotatable bonds is 6. The summed E-state index contributed by atoms with van der Waals surface area (Å²) in [5.74, 6) is 0.951. The number of benzene rings is 1. The van der Waals surface area contributed by atoms with Crippen LogP contribution in [0.3, 0.4) is 0 Å². The van der Waals surface area contributed by atoms with Crippen LogP contribution in [0.15, 0.2) is 69.0 Å². The largest absolute Gasteiger partial charge is 0.463 e. The molecule has 0 aliphatic rings. The molecule has 4 rings (SSSR count). The van der Waals surface area contributed by atoms with E-state index in [4.69, 9.17) is 8.83 Å². The Morgan fingerprint density at radius 2 is 1.60 bits per heavy atom. The average Bonchev–Trinajstić information content (AvgIpc) is 3.41. The lowest BCUT2D eigenvalue weighted by atomic mass is 10.1. The van der Waals surface area contributed by atoms with Crippen LogP contribution in [0.4, 0.5) is 5.69 Å². The average molecular weight is 420 g/mol. The maximum absolute atomic E-state index is 12.7. The molecule has 1 unspecified atom stereocenters. The molecule has 3 aromatic heterocycles. The molecular formula is C22H20N4O3S. The highest BCUT2D eigenvalue weighted by Crippen LogP contribution is 2.31.